The molecule has 0 spiro atoms. The van der Waals surface area contributed by atoms with Gasteiger partial charge < -0.3 is 20.4 Å². The van der Waals surface area contributed by atoms with Crippen LogP contribution in [-0.2, 0) is 4.79 Å². The zero-order valence-electron chi connectivity index (χ0n) is 21.2. The number of amides is 1. The third-order valence-corrected chi connectivity index (χ3v) is 8.83. The summed E-state index contributed by atoms with van der Waals surface area (Å²) in [4.78, 5) is 17.2. The van der Waals surface area contributed by atoms with Gasteiger partial charge in [0.25, 0.3) is 0 Å². The van der Waals surface area contributed by atoms with E-state index in [9.17, 15) is 15.0 Å². The Balaban J connectivity index is 1.63. The first-order valence-corrected chi connectivity index (χ1v) is 15.2. The summed E-state index contributed by atoms with van der Waals surface area (Å²) >= 11 is 0. The van der Waals surface area contributed by atoms with Crippen LogP contribution in [-0.4, -0.2) is 72.7 Å². The number of nitrogens with one attached hydrogen (secondary N) is 2. The number of unbranched alkanes of at least 4 members (excludes halogenated alkanes) is 1. The molecule has 0 bridgehead atoms. The van der Waals surface area contributed by atoms with Crippen LogP contribution >= 0.6 is 21.6 Å². The van der Waals surface area contributed by atoms with Crippen LogP contribution in [0.3, 0.4) is 0 Å². The minimum absolute atomic E-state index is 0.0491. The monoisotopic (exact) mass is 532 g/mol. The molecule has 8 heteroatoms. The summed E-state index contributed by atoms with van der Waals surface area (Å²) in [6, 6.07) is 8.00. The highest BCUT2D eigenvalue weighted by atomic mass is 33.1. The average Bonchev–Trinajstić information content (AvgIpc) is 3.42. The van der Waals surface area contributed by atoms with Crippen molar-refractivity contribution >= 4 is 45.5 Å². The molecule has 1 aliphatic rings. The molecule has 198 valence electrons. The van der Waals surface area contributed by atoms with E-state index in [0.717, 1.165) is 47.9 Å². The molecular weight excluding hydrogens is 490 g/mol. The van der Waals surface area contributed by atoms with E-state index in [1.807, 2.05) is 75.2 Å². The SMILES string of the molecule is C=CC(/C=C/c1ccc(N(CCO)CCO)cc1)=C\C=[NH+]CCCNC(=O)CCCCC1CCSS1. The Morgan fingerprint density at radius 1 is 1.17 bits per heavy atom. The first kappa shape index (κ1) is 30.2. The molecule has 1 aliphatic heterocycles. The highest BCUT2D eigenvalue weighted by molar-refractivity contribution is 8.77. The highest BCUT2D eigenvalue weighted by Gasteiger charge is 2.15. The molecule has 0 aliphatic carbocycles. The van der Waals surface area contributed by atoms with Crippen molar-refractivity contribution in [1.29, 1.82) is 0 Å². The van der Waals surface area contributed by atoms with Crippen molar-refractivity contribution in [2.24, 2.45) is 0 Å². The Morgan fingerprint density at radius 2 is 1.94 bits per heavy atom. The highest BCUT2D eigenvalue weighted by Crippen LogP contribution is 2.39. The molecule has 4 N–H and O–H groups in total. The second-order valence-electron chi connectivity index (χ2n) is 8.63. The van der Waals surface area contributed by atoms with Crippen LogP contribution in [0.4, 0.5) is 5.69 Å². The number of aliphatic hydroxyl groups excluding tert-OH is 2. The molecule has 1 amide bonds. The second-order valence-corrected chi connectivity index (χ2v) is 11.4. The summed E-state index contributed by atoms with van der Waals surface area (Å²) < 4.78 is 0. The van der Waals surface area contributed by atoms with Crippen molar-refractivity contribution in [2.75, 3.05) is 50.0 Å². The van der Waals surface area contributed by atoms with Gasteiger partial charge in [-0.25, -0.2) is 4.99 Å². The maximum Gasteiger partial charge on any atom is 0.219 e. The number of carbonyl (C=O) groups is 1. The minimum atomic E-state index is 0.0491. The molecule has 1 saturated heterocycles. The van der Waals surface area contributed by atoms with Gasteiger partial charge in [-0.3, -0.25) is 4.79 Å². The van der Waals surface area contributed by atoms with E-state index in [2.05, 4.69) is 16.9 Å². The number of rotatable bonds is 18. The summed E-state index contributed by atoms with van der Waals surface area (Å²) in [7, 11) is 3.99. The third-order valence-electron chi connectivity index (χ3n) is 5.82. The Morgan fingerprint density at radius 3 is 2.61 bits per heavy atom. The van der Waals surface area contributed by atoms with Crippen LogP contribution in [0.2, 0.25) is 0 Å². The molecule has 1 unspecified atom stereocenters. The van der Waals surface area contributed by atoms with E-state index in [1.54, 1.807) is 6.08 Å². The molecule has 1 atom stereocenters. The van der Waals surface area contributed by atoms with Crippen LogP contribution in [0.15, 0.2) is 54.6 Å². The predicted octanol–water partition coefficient (Wildman–Crippen LogP) is 2.98. The van der Waals surface area contributed by atoms with Gasteiger partial charge in [0.2, 0.25) is 5.91 Å². The number of hydrogen-bond donors (Lipinski definition) is 4. The lowest BCUT2D eigenvalue weighted by molar-refractivity contribution is -0.451. The van der Waals surface area contributed by atoms with Crippen molar-refractivity contribution < 1.29 is 20.0 Å². The van der Waals surface area contributed by atoms with E-state index in [-0.39, 0.29) is 19.1 Å². The van der Waals surface area contributed by atoms with Crippen molar-refractivity contribution in [3.05, 3.63) is 60.2 Å². The van der Waals surface area contributed by atoms with Crippen LogP contribution in [0.5, 0.6) is 0 Å². The van der Waals surface area contributed by atoms with Crippen molar-refractivity contribution in [3.63, 3.8) is 0 Å². The van der Waals surface area contributed by atoms with Crippen molar-refractivity contribution in [1.82, 2.24) is 5.32 Å². The largest absolute Gasteiger partial charge is 0.395 e. The lowest BCUT2D eigenvalue weighted by Gasteiger charge is -2.22. The fraction of sp³-hybridized carbons (Fsp3) is 0.500. The van der Waals surface area contributed by atoms with Crippen LogP contribution in [0, 0.1) is 0 Å². The maximum absolute atomic E-state index is 12.0. The van der Waals surface area contributed by atoms with Gasteiger partial charge in [0.1, 0.15) is 6.54 Å². The maximum atomic E-state index is 12.0. The van der Waals surface area contributed by atoms with E-state index in [0.29, 0.717) is 26.1 Å². The van der Waals surface area contributed by atoms with E-state index >= 15 is 0 Å². The van der Waals surface area contributed by atoms with Crippen LogP contribution in [0.25, 0.3) is 6.08 Å². The fourth-order valence-corrected chi connectivity index (χ4v) is 6.79. The molecular formula is C28H42N3O3S2+. The summed E-state index contributed by atoms with van der Waals surface area (Å²) in [5.74, 6) is 1.44. The average molecular weight is 533 g/mol. The zero-order valence-corrected chi connectivity index (χ0v) is 22.9. The molecule has 6 nitrogen and oxygen atoms in total. The standard InChI is InChI=1S/C28H41N3O3S2/c1-2-24(8-9-25-10-12-26(13-11-25)31(19-21-32)20-22-33)14-18-29-16-5-17-30-28(34)7-4-3-6-27-15-23-35-36-27/h2,8-14,18,27,32-33H,1,3-7,15-17,19-23H2,(H,30,34)/p+1/b9-8+,24-14+,29-18?. The molecule has 1 heterocycles. The number of hydrogen-bond acceptors (Lipinski definition) is 6. The summed E-state index contributed by atoms with van der Waals surface area (Å²) in [6.07, 6.45) is 15.9. The van der Waals surface area contributed by atoms with E-state index < -0.39 is 0 Å². The van der Waals surface area contributed by atoms with Crippen molar-refractivity contribution in [3.8, 4) is 0 Å². The Bertz CT molecular complexity index is 844. The lowest BCUT2D eigenvalue weighted by atomic mass is 10.1. The molecule has 1 aromatic rings. The third kappa shape index (κ3) is 12.8. The number of carbonyl (C=O) groups excluding carboxylic acids is 1. The Labute approximate surface area is 224 Å². The molecule has 2 rings (SSSR count). The molecule has 0 saturated carbocycles. The van der Waals surface area contributed by atoms with Gasteiger partial charge in [0, 0.05) is 55.2 Å². The van der Waals surface area contributed by atoms with Gasteiger partial charge in [-0.05, 0) is 42.5 Å². The first-order chi connectivity index (χ1) is 17.7. The van der Waals surface area contributed by atoms with E-state index in [1.165, 1.54) is 18.6 Å². The van der Waals surface area contributed by atoms with Gasteiger partial charge >= 0.3 is 0 Å². The second kappa shape index (κ2) is 19.2. The van der Waals surface area contributed by atoms with Gasteiger partial charge in [-0.2, -0.15) is 0 Å². The number of nitrogens with zero attached hydrogens (tertiary/aromatic N) is 1. The Kier molecular flexibility index (Phi) is 16.1. The lowest BCUT2D eigenvalue weighted by Crippen LogP contribution is -2.69. The van der Waals surface area contributed by atoms with E-state index in [4.69, 9.17) is 0 Å². The van der Waals surface area contributed by atoms with Crippen LogP contribution in [0.1, 0.15) is 44.1 Å². The molecule has 0 aromatic heterocycles. The summed E-state index contributed by atoms with van der Waals surface area (Å²) in [6.45, 7) is 6.45. The fourth-order valence-electron chi connectivity index (χ4n) is 3.76. The number of allylic oxidation sites excluding steroid dienone is 4. The summed E-state index contributed by atoms with van der Waals surface area (Å²) in [5.41, 5.74) is 3.01. The summed E-state index contributed by atoms with van der Waals surface area (Å²) in [5, 5.41) is 22.2. The molecule has 1 aromatic carbocycles. The quantitative estimate of drug-likeness (QED) is 0.101. The van der Waals surface area contributed by atoms with Gasteiger partial charge in [-0.15, -0.1) is 0 Å². The number of aliphatic hydroxyl groups is 2. The normalized spacial score (nSPS) is 16.2. The van der Waals surface area contributed by atoms with Gasteiger partial charge in [0.05, 0.1) is 13.2 Å². The topological polar surface area (TPSA) is 86.8 Å². The number of anilines is 1. The van der Waals surface area contributed by atoms with Crippen molar-refractivity contribution in [2.45, 2.75) is 43.8 Å². The minimum Gasteiger partial charge on any atom is -0.395 e. The smallest absolute Gasteiger partial charge is 0.219 e. The molecule has 1 fully saturated rings. The predicted molar refractivity (Wildman–Crippen MR) is 157 cm³/mol. The van der Waals surface area contributed by atoms with Gasteiger partial charge in [0.15, 0.2) is 6.21 Å². The number of benzene rings is 1. The van der Waals surface area contributed by atoms with Gasteiger partial charge in [-0.1, -0.05) is 64.9 Å². The Hall–Kier alpha value is -2.00. The van der Waals surface area contributed by atoms with Crippen LogP contribution < -0.4 is 15.2 Å². The molecule has 0 radical (unpaired) electrons. The first-order valence-electron chi connectivity index (χ1n) is 12.9. The zero-order chi connectivity index (χ0) is 25.8. The molecule has 36 heavy (non-hydrogen) atoms.